The van der Waals surface area contributed by atoms with E-state index in [1.165, 1.54) is 4.57 Å². The fraction of sp³-hybridized carbons (Fsp3) is 0.0741. The lowest BCUT2D eigenvalue weighted by Gasteiger charge is -2.34. The summed E-state index contributed by atoms with van der Waals surface area (Å²) < 4.78 is 7.48. The van der Waals surface area contributed by atoms with E-state index in [4.69, 9.17) is 16.2 Å². The molecule has 33 heavy (non-hydrogen) atoms. The zero-order chi connectivity index (χ0) is 22.8. The molecule has 0 fully saturated rings. The molecule has 0 aliphatic carbocycles. The number of ether oxygens (including phenoxy) is 1. The van der Waals surface area contributed by atoms with Gasteiger partial charge >= 0.3 is 6.03 Å². The molecule has 0 spiro atoms. The van der Waals surface area contributed by atoms with Crippen molar-refractivity contribution < 1.29 is 9.53 Å². The van der Waals surface area contributed by atoms with Gasteiger partial charge in [0, 0.05) is 29.2 Å². The maximum absolute atomic E-state index is 12.2. The molecule has 6 nitrogen and oxygen atoms in total. The summed E-state index contributed by atoms with van der Waals surface area (Å²) in [6.45, 7) is 0.466. The predicted octanol–water partition coefficient (Wildman–Crippen LogP) is 4.86. The number of anilines is 1. The first-order valence-electron chi connectivity index (χ1n) is 10.7. The molecule has 1 amide bonds. The van der Waals surface area contributed by atoms with Crippen LogP contribution in [0.25, 0.3) is 5.57 Å². The molecule has 2 heterocycles. The van der Waals surface area contributed by atoms with Crippen LogP contribution in [0.4, 0.5) is 10.5 Å². The number of para-hydroxylation sites is 1. The van der Waals surface area contributed by atoms with E-state index in [9.17, 15) is 4.79 Å². The number of nitrogens with zero attached hydrogens (tertiary/aromatic N) is 2. The van der Waals surface area contributed by atoms with Crippen LogP contribution in [0.1, 0.15) is 28.6 Å². The molecule has 1 unspecified atom stereocenters. The first-order valence-corrected chi connectivity index (χ1v) is 10.7. The van der Waals surface area contributed by atoms with E-state index in [2.05, 4.69) is 0 Å². The number of aromatic nitrogens is 1. The van der Waals surface area contributed by atoms with Crippen molar-refractivity contribution in [3.05, 3.63) is 126 Å². The number of rotatable bonds is 5. The molecule has 0 saturated heterocycles. The monoisotopic (exact) mass is 436 g/mol. The van der Waals surface area contributed by atoms with Crippen molar-refractivity contribution >= 4 is 17.3 Å². The van der Waals surface area contributed by atoms with Gasteiger partial charge in [0.25, 0.3) is 0 Å². The van der Waals surface area contributed by atoms with Gasteiger partial charge < -0.3 is 21.1 Å². The van der Waals surface area contributed by atoms with E-state index in [0.29, 0.717) is 12.3 Å². The van der Waals surface area contributed by atoms with Crippen LogP contribution in [0.5, 0.6) is 5.75 Å². The molecule has 4 N–H and O–H groups in total. The van der Waals surface area contributed by atoms with Crippen molar-refractivity contribution in [1.29, 1.82) is 0 Å². The second-order valence-corrected chi connectivity index (χ2v) is 7.86. The third-order valence-electron chi connectivity index (χ3n) is 5.74. The summed E-state index contributed by atoms with van der Waals surface area (Å²) in [7, 11) is 0. The molecule has 0 saturated carbocycles. The van der Waals surface area contributed by atoms with Gasteiger partial charge in [-0.15, -0.1) is 0 Å². The topological polar surface area (TPSA) is 86.5 Å². The minimum Gasteiger partial charge on any atom is -0.489 e. The van der Waals surface area contributed by atoms with Crippen LogP contribution in [0, 0.1) is 0 Å². The second-order valence-electron chi connectivity index (χ2n) is 7.86. The zero-order valence-corrected chi connectivity index (χ0v) is 18.0. The highest BCUT2D eigenvalue weighted by atomic mass is 16.5. The van der Waals surface area contributed by atoms with Gasteiger partial charge in [-0.3, -0.25) is 4.57 Å². The summed E-state index contributed by atoms with van der Waals surface area (Å²) in [5.74, 6) is 0.733. The maximum atomic E-state index is 12.2. The Balaban J connectivity index is 1.56. The van der Waals surface area contributed by atoms with Crippen LogP contribution in [0.3, 0.4) is 0 Å². The number of fused-ring (bicyclic) bond motifs is 1. The number of carbonyl (C=O) groups excluding carboxylic acids is 1. The minimum absolute atomic E-state index is 0.454. The quantitative estimate of drug-likeness (QED) is 0.468. The van der Waals surface area contributed by atoms with Gasteiger partial charge in [0.2, 0.25) is 0 Å². The van der Waals surface area contributed by atoms with Gasteiger partial charge in [0.05, 0.1) is 5.69 Å². The second kappa shape index (κ2) is 8.68. The Bertz CT molecular complexity index is 1310. The van der Waals surface area contributed by atoms with E-state index in [1.807, 2.05) is 102 Å². The van der Waals surface area contributed by atoms with Crippen molar-refractivity contribution in [2.45, 2.75) is 12.8 Å². The van der Waals surface area contributed by atoms with E-state index >= 15 is 0 Å². The van der Waals surface area contributed by atoms with Crippen molar-refractivity contribution in [3.8, 4) is 5.75 Å². The first kappa shape index (κ1) is 20.6. The van der Waals surface area contributed by atoms with Gasteiger partial charge in [-0.2, -0.15) is 0 Å². The number of nitrogens with two attached hydrogens (primary N) is 2. The minimum atomic E-state index is -0.556. The Labute approximate surface area is 192 Å². The van der Waals surface area contributed by atoms with Crippen molar-refractivity contribution in [3.63, 3.8) is 0 Å². The Morgan fingerprint density at radius 1 is 0.909 bits per heavy atom. The van der Waals surface area contributed by atoms with E-state index in [1.54, 1.807) is 6.20 Å². The van der Waals surface area contributed by atoms with Crippen LogP contribution in [0.15, 0.2) is 103 Å². The van der Waals surface area contributed by atoms with Crippen molar-refractivity contribution in [1.82, 2.24) is 4.57 Å². The maximum Gasteiger partial charge on any atom is 0.323 e. The van der Waals surface area contributed by atoms with E-state index < -0.39 is 12.2 Å². The SMILES string of the molecule is NC(=O)n1ccc2c1C(c1cccc(OCc3ccccc3)c1)=CN(c1ccccc1)C2N. The summed E-state index contributed by atoms with van der Waals surface area (Å²) in [5, 5.41) is 0. The van der Waals surface area contributed by atoms with Crippen molar-refractivity contribution in [2.75, 3.05) is 4.90 Å². The number of primary amides is 1. The van der Waals surface area contributed by atoms with Gasteiger partial charge in [0.1, 0.15) is 18.5 Å². The molecule has 0 radical (unpaired) electrons. The van der Waals surface area contributed by atoms with E-state index in [0.717, 1.165) is 33.7 Å². The summed E-state index contributed by atoms with van der Waals surface area (Å²) in [5.41, 5.74) is 17.6. The molecular weight excluding hydrogens is 412 g/mol. The Hall–Kier alpha value is -4.29. The summed E-state index contributed by atoms with van der Waals surface area (Å²) in [4.78, 5) is 14.2. The lowest BCUT2D eigenvalue weighted by molar-refractivity contribution is 0.250. The summed E-state index contributed by atoms with van der Waals surface area (Å²) >= 11 is 0. The summed E-state index contributed by atoms with van der Waals surface area (Å²) in [6.07, 6.45) is 3.19. The van der Waals surface area contributed by atoms with Crippen molar-refractivity contribution in [2.24, 2.45) is 11.5 Å². The number of benzene rings is 3. The van der Waals surface area contributed by atoms with Crippen LogP contribution < -0.4 is 21.1 Å². The first-order chi connectivity index (χ1) is 16.1. The number of hydrogen-bond acceptors (Lipinski definition) is 4. The number of amides is 1. The lowest BCUT2D eigenvalue weighted by Crippen LogP contribution is -2.35. The normalized spacial score (nSPS) is 15.0. The standard InChI is InChI=1S/C27H24N4O2/c28-26-23-14-15-30(27(29)32)25(23)24(17-31(26)21-11-5-2-6-12-21)20-10-7-13-22(16-20)33-18-19-8-3-1-4-9-19/h1-17,26H,18,28H2,(H2,29,32). The predicted molar refractivity (Wildman–Crippen MR) is 130 cm³/mol. The van der Waals surface area contributed by atoms with Gasteiger partial charge in [-0.1, -0.05) is 60.7 Å². The molecule has 1 aromatic heterocycles. The van der Waals surface area contributed by atoms with Crippen LogP contribution in [-0.4, -0.2) is 10.6 Å². The Morgan fingerprint density at radius 2 is 1.64 bits per heavy atom. The molecule has 4 aromatic rings. The largest absolute Gasteiger partial charge is 0.489 e. The highest BCUT2D eigenvalue weighted by Crippen LogP contribution is 2.39. The third-order valence-corrected chi connectivity index (χ3v) is 5.74. The Morgan fingerprint density at radius 3 is 2.36 bits per heavy atom. The Kier molecular flexibility index (Phi) is 5.42. The molecule has 6 heteroatoms. The fourth-order valence-corrected chi connectivity index (χ4v) is 4.13. The average Bonchev–Trinajstić information content (AvgIpc) is 3.31. The molecule has 0 bridgehead atoms. The number of carbonyl (C=O) groups is 1. The molecular formula is C27H24N4O2. The van der Waals surface area contributed by atoms with E-state index in [-0.39, 0.29) is 0 Å². The molecule has 5 rings (SSSR count). The molecule has 1 aliphatic rings. The van der Waals surface area contributed by atoms with Crippen LogP contribution in [-0.2, 0) is 6.61 Å². The molecule has 164 valence electrons. The van der Waals surface area contributed by atoms with Gasteiger partial charge in [0.15, 0.2) is 0 Å². The molecule has 3 aromatic carbocycles. The van der Waals surface area contributed by atoms with Gasteiger partial charge in [-0.25, -0.2) is 4.79 Å². The zero-order valence-electron chi connectivity index (χ0n) is 18.0. The number of hydrogen-bond donors (Lipinski definition) is 2. The highest BCUT2D eigenvalue weighted by molar-refractivity contribution is 5.90. The lowest BCUT2D eigenvalue weighted by atomic mass is 9.95. The van der Waals surface area contributed by atoms with Gasteiger partial charge in [-0.05, 0) is 41.5 Å². The summed E-state index contributed by atoms with van der Waals surface area (Å²) in [6, 6.07) is 29.0. The van der Waals surface area contributed by atoms with Crippen LogP contribution in [0.2, 0.25) is 0 Å². The highest BCUT2D eigenvalue weighted by Gasteiger charge is 2.30. The van der Waals surface area contributed by atoms with Crippen LogP contribution >= 0.6 is 0 Å². The smallest absolute Gasteiger partial charge is 0.323 e. The molecule has 1 aliphatic heterocycles. The average molecular weight is 437 g/mol. The third kappa shape index (κ3) is 4.00. The molecule has 1 atom stereocenters. The fourth-order valence-electron chi connectivity index (χ4n) is 4.13.